The summed E-state index contributed by atoms with van der Waals surface area (Å²) < 4.78 is 15.9. The van der Waals surface area contributed by atoms with Crippen LogP contribution in [0.15, 0.2) is 33.5 Å². The topological polar surface area (TPSA) is 133 Å². The molecule has 3 atom stereocenters. The van der Waals surface area contributed by atoms with Crippen molar-refractivity contribution in [2.75, 3.05) is 18.5 Å². The predicted molar refractivity (Wildman–Crippen MR) is 109 cm³/mol. The van der Waals surface area contributed by atoms with Gasteiger partial charge in [0.1, 0.15) is 18.0 Å². The van der Waals surface area contributed by atoms with Crippen LogP contribution in [-0.4, -0.2) is 45.1 Å². The second-order valence-electron chi connectivity index (χ2n) is 7.06. The number of nitrogens with zero attached hydrogens (tertiary/aromatic N) is 1. The number of carbonyl (C=O) groups is 1. The summed E-state index contributed by atoms with van der Waals surface area (Å²) in [6.45, 7) is 1.39. The number of amides is 1. The number of anilines is 2. The molecule has 0 radical (unpaired) electrons. The van der Waals surface area contributed by atoms with Crippen molar-refractivity contribution in [1.82, 2.24) is 10.0 Å². The summed E-state index contributed by atoms with van der Waals surface area (Å²) in [5, 5.41) is 32.1. The third-order valence-electron chi connectivity index (χ3n) is 4.64. The molecule has 9 nitrogen and oxygen atoms in total. The van der Waals surface area contributed by atoms with Gasteiger partial charge in [-0.05, 0) is 18.2 Å². The zero-order valence-corrected chi connectivity index (χ0v) is 17.5. The first-order valence-corrected chi connectivity index (χ1v) is 9.91. The van der Waals surface area contributed by atoms with Crippen LogP contribution in [0.2, 0.25) is 0 Å². The van der Waals surface area contributed by atoms with Crippen molar-refractivity contribution in [1.29, 1.82) is 0 Å². The van der Waals surface area contributed by atoms with Crippen LogP contribution in [0, 0.1) is 11.7 Å². The van der Waals surface area contributed by atoms with Gasteiger partial charge in [0.15, 0.2) is 0 Å². The standard InChI is InChI=1S/C19H21BrFN3O6/c1-9(7-25)8-30-23-19(29)16-13(22-12-3-2-10(20)4-11(12)21)5-15(27)24-6-14(26)18(28)17(16)24/h2-5,9,14,18,22,25-26,28H,6-8H2,1H3,(H,23,29)/t9?,14-,18-/m1/s1. The number of hydrogen-bond donors (Lipinski definition) is 5. The number of aromatic nitrogens is 1. The van der Waals surface area contributed by atoms with Gasteiger partial charge in [-0.2, -0.15) is 0 Å². The number of hydroxylamine groups is 1. The molecule has 0 saturated carbocycles. The Labute approximate surface area is 179 Å². The maximum absolute atomic E-state index is 14.3. The molecule has 30 heavy (non-hydrogen) atoms. The van der Waals surface area contributed by atoms with Crippen LogP contribution >= 0.6 is 15.9 Å². The number of fused-ring (bicyclic) bond motifs is 1. The number of aliphatic hydroxyl groups excluding tert-OH is 3. The molecule has 1 aliphatic heterocycles. The van der Waals surface area contributed by atoms with E-state index in [2.05, 4.69) is 26.7 Å². The Morgan fingerprint density at radius 1 is 1.37 bits per heavy atom. The average Bonchev–Trinajstić information content (AvgIpc) is 2.99. The smallest absolute Gasteiger partial charge is 0.278 e. The van der Waals surface area contributed by atoms with Gasteiger partial charge in [-0.15, -0.1) is 0 Å². The monoisotopic (exact) mass is 485 g/mol. The normalized spacial score (nSPS) is 18.7. The molecule has 0 fully saturated rings. The Kier molecular flexibility index (Phi) is 6.88. The predicted octanol–water partition coefficient (Wildman–Crippen LogP) is 1.19. The van der Waals surface area contributed by atoms with Crippen molar-refractivity contribution in [3.8, 4) is 0 Å². The van der Waals surface area contributed by atoms with Gasteiger partial charge in [-0.25, -0.2) is 9.87 Å². The molecule has 1 amide bonds. The van der Waals surface area contributed by atoms with Crippen molar-refractivity contribution in [2.24, 2.45) is 5.92 Å². The summed E-state index contributed by atoms with van der Waals surface area (Å²) in [7, 11) is 0. The van der Waals surface area contributed by atoms with Crippen molar-refractivity contribution in [3.63, 3.8) is 0 Å². The Morgan fingerprint density at radius 2 is 2.10 bits per heavy atom. The molecule has 3 rings (SSSR count). The second kappa shape index (κ2) is 9.23. The average molecular weight is 486 g/mol. The van der Waals surface area contributed by atoms with E-state index in [-0.39, 0.29) is 48.3 Å². The largest absolute Gasteiger partial charge is 0.396 e. The van der Waals surface area contributed by atoms with E-state index in [9.17, 15) is 24.2 Å². The molecule has 1 aromatic heterocycles. The number of nitrogens with one attached hydrogen (secondary N) is 2. The highest BCUT2D eigenvalue weighted by Crippen LogP contribution is 2.33. The number of rotatable bonds is 7. The van der Waals surface area contributed by atoms with Crippen LogP contribution in [0.3, 0.4) is 0 Å². The number of hydrogen-bond acceptors (Lipinski definition) is 7. The van der Waals surface area contributed by atoms with Crippen LogP contribution in [0.5, 0.6) is 0 Å². The minimum Gasteiger partial charge on any atom is -0.396 e. The Morgan fingerprint density at radius 3 is 2.77 bits per heavy atom. The van der Waals surface area contributed by atoms with Gasteiger partial charge in [0.05, 0.1) is 35.8 Å². The fourth-order valence-corrected chi connectivity index (χ4v) is 3.39. The Balaban J connectivity index is 2.02. The number of halogens is 2. The van der Waals surface area contributed by atoms with Crippen LogP contribution in [0.1, 0.15) is 29.1 Å². The van der Waals surface area contributed by atoms with Crippen LogP contribution in [-0.2, 0) is 11.4 Å². The molecule has 1 aromatic carbocycles. The summed E-state index contributed by atoms with van der Waals surface area (Å²) in [4.78, 5) is 30.4. The van der Waals surface area contributed by atoms with E-state index in [1.54, 1.807) is 13.0 Å². The van der Waals surface area contributed by atoms with Crippen molar-refractivity contribution in [2.45, 2.75) is 25.7 Å². The van der Waals surface area contributed by atoms with Crippen LogP contribution in [0.25, 0.3) is 0 Å². The van der Waals surface area contributed by atoms with Crippen LogP contribution < -0.4 is 16.4 Å². The van der Waals surface area contributed by atoms with Crippen molar-refractivity contribution >= 4 is 33.2 Å². The highest BCUT2D eigenvalue weighted by molar-refractivity contribution is 9.10. The fourth-order valence-electron chi connectivity index (χ4n) is 3.06. The number of carbonyl (C=O) groups excluding carboxylic acids is 1. The summed E-state index contributed by atoms with van der Waals surface area (Å²) >= 11 is 3.15. The molecule has 162 valence electrons. The lowest BCUT2D eigenvalue weighted by Crippen LogP contribution is -2.31. The highest BCUT2D eigenvalue weighted by atomic mass is 79.9. The first kappa shape index (κ1) is 22.4. The first-order valence-electron chi connectivity index (χ1n) is 9.11. The van der Waals surface area contributed by atoms with Crippen molar-refractivity contribution in [3.05, 3.63) is 56.2 Å². The van der Waals surface area contributed by atoms with E-state index in [4.69, 9.17) is 9.94 Å². The van der Waals surface area contributed by atoms with Crippen molar-refractivity contribution < 1.29 is 29.3 Å². The molecule has 2 heterocycles. The maximum atomic E-state index is 14.3. The minimum atomic E-state index is -1.49. The lowest BCUT2D eigenvalue weighted by atomic mass is 10.1. The summed E-state index contributed by atoms with van der Waals surface area (Å²) in [6.07, 6.45) is -2.77. The van der Waals surface area contributed by atoms with Gasteiger partial charge in [-0.3, -0.25) is 14.4 Å². The zero-order valence-electron chi connectivity index (χ0n) is 15.9. The molecule has 2 aromatic rings. The molecule has 11 heteroatoms. The lowest BCUT2D eigenvalue weighted by Gasteiger charge is -2.18. The molecule has 0 aliphatic carbocycles. The van der Waals surface area contributed by atoms with Gasteiger partial charge in [0.2, 0.25) is 0 Å². The van der Waals surface area contributed by atoms with E-state index < -0.39 is 29.5 Å². The molecule has 5 N–H and O–H groups in total. The maximum Gasteiger partial charge on any atom is 0.278 e. The van der Waals surface area contributed by atoms with E-state index >= 15 is 0 Å². The summed E-state index contributed by atoms with van der Waals surface area (Å²) in [5.41, 5.74) is 1.29. The molecule has 0 saturated heterocycles. The van der Waals surface area contributed by atoms with Gasteiger partial charge < -0.3 is 25.2 Å². The summed E-state index contributed by atoms with van der Waals surface area (Å²) in [5.74, 6) is -1.68. The summed E-state index contributed by atoms with van der Waals surface area (Å²) in [6, 6.07) is 5.28. The Bertz CT molecular complexity index is 1010. The minimum absolute atomic E-state index is 0.000503. The highest BCUT2D eigenvalue weighted by Gasteiger charge is 2.36. The molecule has 0 spiro atoms. The number of aliphatic hydroxyl groups is 3. The SMILES string of the molecule is CC(CO)CONC(=O)c1c(Nc2ccc(Br)cc2F)cc(=O)n2c1[C@H](O)[C@H](O)C2. The molecule has 1 unspecified atom stereocenters. The van der Waals surface area contributed by atoms with Crippen LogP contribution in [0.4, 0.5) is 15.8 Å². The third kappa shape index (κ3) is 4.55. The number of benzene rings is 1. The molecular weight excluding hydrogens is 465 g/mol. The first-order chi connectivity index (χ1) is 14.2. The molecule has 0 bridgehead atoms. The van der Waals surface area contributed by atoms with E-state index in [1.165, 1.54) is 12.1 Å². The van der Waals surface area contributed by atoms with E-state index in [0.29, 0.717) is 4.47 Å². The fraction of sp³-hybridized carbons (Fsp3) is 0.368. The van der Waals surface area contributed by atoms with Gasteiger partial charge in [0.25, 0.3) is 11.5 Å². The third-order valence-corrected chi connectivity index (χ3v) is 5.13. The quantitative estimate of drug-likeness (QED) is 0.372. The molecule has 1 aliphatic rings. The molecular formula is C19H21BrFN3O6. The zero-order chi connectivity index (χ0) is 22.0. The van der Waals surface area contributed by atoms with Gasteiger partial charge in [0, 0.05) is 23.1 Å². The number of pyridine rings is 1. The second-order valence-corrected chi connectivity index (χ2v) is 7.97. The van der Waals surface area contributed by atoms with E-state index in [1.807, 2.05) is 0 Å². The van der Waals surface area contributed by atoms with E-state index in [0.717, 1.165) is 10.6 Å². The van der Waals surface area contributed by atoms with Gasteiger partial charge in [-0.1, -0.05) is 22.9 Å². The lowest BCUT2D eigenvalue weighted by molar-refractivity contribution is 0.00915. The Hall–Kier alpha value is -2.31. The van der Waals surface area contributed by atoms with Gasteiger partial charge >= 0.3 is 0 Å².